The summed E-state index contributed by atoms with van der Waals surface area (Å²) in [4.78, 5) is 27.6. The molecule has 108 valence electrons. The summed E-state index contributed by atoms with van der Waals surface area (Å²) < 4.78 is 10.1. The van der Waals surface area contributed by atoms with Gasteiger partial charge in [-0.15, -0.1) is 0 Å². The van der Waals surface area contributed by atoms with Gasteiger partial charge < -0.3 is 14.4 Å². The van der Waals surface area contributed by atoms with Gasteiger partial charge in [0, 0.05) is 25.4 Å². The van der Waals surface area contributed by atoms with Crippen molar-refractivity contribution in [1.29, 1.82) is 0 Å². The molecule has 0 saturated carbocycles. The van der Waals surface area contributed by atoms with Crippen LogP contribution in [0.2, 0.25) is 0 Å². The zero-order valence-corrected chi connectivity index (χ0v) is 11.0. The summed E-state index contributed by atoms with van der Waals surface area (Å²) in [6.07, 6.45) is 1.28. The molecule has 1 aromatic rings. The van der Waals surface area contributed by atoms with Crippen molar-refractivity contribution in [3.63, 3.8) is 0 Å². The number of carbonyl (C=O) groups excluding carboxylic acids is 1. The number of anilines is 1. The maximum absolute atomic E-state index is 11.3. The maximum atomic E-state index is 11.3. The third-order valence-corrected chi connectivity index (χ3v) is 3.02. The number of hydrogen-bond donors (Lipinski definition) is 0. The van der Waals surface area contributed by atoms with Crippen LogP contribution >= 0.6 is 0 Å². The predicted octanol–water partition coefficient (Wildman–Crippen LogP) is 0.758. The summed E-state index contributed by atoms with van der Waals surface area (Å²) in [5.74, 6) is -0.0666. The number of nitro groups is 1. The fraction of sp³-hybridized carbons (Fsp3) is 0.500. The highest BCUT2D eigenvalue weighted by Crippen LogP contribution is 2.26. The number of carbonyl (C=O) groups is 1. The first-order chi connectivity index (χ1) is 9.61. The van der Waals surface area contributed by atoms with Crippen molar-refractivity contribution in [1.82, 2.24) is 4.98 Å². The average molecular weight is 281 g/mol. The van der Waals surface area contributed by atoms with E-state index in [0.29, 0.717) is 25.5 Å². The lowest BCUT2D eigenvalue weighted by atomic mass is 10.2. The van der Waals surface area contributed by atoms with E-state index in [1.807, 2.05) is 0 Å². The van der Waals surface area contributed by atoms with Crippen LogP contribution in [-0.4, -0.2) is 48.8 Å². The molecule has 0 radical (unpaired) electrons. The first-order valence-electron chi connectivity index (χ1n) is 6.14. The number of pyridine rings is 1. The summed E-state index contributed by atoms with van der Waals surface area (Å²) in [5, 5.41) is 11.0. The Morgan fingerprint density at radius 3 is 3.20 bits per heavy atom. The molecule has 1 aromatic heterocycles. The fourth-order valence-electron chi connectivity index (χ4n) is 2.08. The summed E-state index contributed by atoms with van der Waals surface area (Å²) in [6, 6.07) is 2.93. The van der Waals surface area contributed by atoms with Crippen LogP contribution in [0.25, 0.3) is 0 Å². The number of aromatic nitrogens is 1. The SMILES string of the molecule is COC(=O)CC1CN(c2ncccc2[N+](=O)[O-])CCO1. The summed E-state index contributed by atoms with van der Waals surface area (Å²) in [5.41, 5.74) is -0.0498. The van der Waals surface area contributed by atoms with E-state index >= 15 is 0 Å². The van der Waals surface area contributed by atoms with Gasteiger partial charge in [0.2, 0.25) is 5.82 Å². The normalized spacial score (nSPS) is 18.6. The van der Waals surface area contributed by atoms with Crippen molar-refractivity contribution >= 4 is 17.5 Å². The van der Waals surface area contributed by atoms with Crippen molar-refractivity contribution in [3.05, 3.63) is 28.4 Å². The Balaban J connectivity index is 2.13. The Labute approximate surface area is 115 Å². The zero-order chi connectivity index (χ0) is 14.5. The number of esters is 1. The van der Waals surface area contributed by atoms with Crippen LogP contribution in [0, 0.1) is 10.1 Å². The molecule has 0 spiro atoms. The highest BCUT2D eigenvalue weighted by molar-refractivity contribution is 5.70. The van der Waals surface area contributed by atoms with E-state index in [2.05, 4.69) is 9.72 Å². The zero-order valence-electron chi connectivity index (χ0n) is 11.0. The van der Waals surface area contributed by atoms with E-state index in [4.69, 9.17) is 4.74 Å². The first kappa shape index (κ1) is 14.2. The van der Waals surface area contributed by atoms with Crippen LogP contribution in [0.15, 0.2) is 18.3 Å². The van der Waals surface area contributed by atoms with E-state index in [1.54, 1.807) is 4.90 Å². The lowest BCUT2D eigenvalue weighted by Crippen LogP contribution is -2.44. The fourth-order valence-corrected chi connectivity index (χ4v) is 2.08. The minimum absolute atomic E-state index is 0.0498. The summed E-state index contributed by atoms with van der Waals surface area (Å²) >= 11 is 0. The van der Waals surface area contributed by atoms with Gasteiger partial charge in [0.25, 0.3) is 0 Å². The van der Waals surface area contributed by atoms with Gasteiger partial charge >= 0.3 is 11.7 Å². The molecule has 8 heteroatoms. The molecule has 1 atom stereocenters. The molecule has 1 aliphatic rings. The third kappa shape index (κ3) is 3.21. The number of hydrogen-bond acceptors (Lipinski definition) is 7. The van der Waals surface area contributed by atoms with E-state index in [0.717, 1.165) is 0 Å². The van der Waals surface area contributed by atoms with Crippen LogP contribution in [0.1, 0.15) is 6.42 Å². The van der Waals surface area contributed by atoms with Crippen molar-refractivity contribution in [2.24, 2.45) is 0 Å². The number of methoxy groups -OCH3 is 1. The van der Waals surface area contributed by atoms with Gasteiger partial charge in [-0.1, -0.05) is 0 Å². The molecule has 2 heterocycles. The molecule has 1 aliphatic heterocycles. The van der Waals surface area contributed by atoms with Crippen LogP contribution in [0.4, 0.5) is 11.5 Å². The number of rotatable bonds is 4. The largest absolute Gasteiger partial charge is 0.469 e. The van der Waals surface area contributed by atoms with Gasteiger partial charge in [-0.25, -0.2) is 4.98 Å². The predicted molar refractivity (Wildman–Crippen MR) is 69.5 cm³/mol. The van der Waals surface area contributed by atoms with Crippen LogP contribution in [0.3, 0.4) is 0 Å². The molecule has 0 amide bonds. The number of nitrogens with zero attached hydrogens (tertiary/aromatic N) is 3. The Morgan fingerprint density at radius 1 is 1.70 bits per heavy atom. The van der Waals surface area contributed by atoms with Gasteiger partial charge in [0.15, 0.2) is 0 Å². The molecular weight excluding hydrogens is 266 g/mol. The molecular formula is C12H15N3O5. The number of morpholine rings is 1. The second-order valence-electron chi connectivity index (χ2n) is 4.32. The lowest BCUT2D eigenvalue weighted by molar-refractivity contribution is -0.384. The van der Waals surface area contributed by atoms with Gasteiger partial charge in [-0.05, 0) is 6.07 Å². The van der Waals surface area contributed by atoms with Gasteiger partial charge in [-0.3, -0.25) is 14.9 Å². The van der Waals surface area contributed by atoms with E-state index in [1.165, 1.54) is 25.4 Å². The maximum Gasteiger partial charge on any atom is 0.311 e. The van der Waals surface area contributed by atoms with E-state index < -0.39 is 4.92 Å². The van der Waals surface area contributed by atoms with Crippen molar-refractivity contribution < 1.29 is 19.2 Å². The Morgan fingerprint density at radius 2 is 2.50 bits per heavy atom. The van der Waals surface area contributed by atoms with Crippen LogP contribution in [-0.2, 0) is 14.3 Å². The molecule has 0 aliphatic carbocycles. The molecule has 0 bridgehead atoms. The van der Waals surface area contributed by atoms with Crippen LogP contribution in [0.5, 0.6) is 0 Å². The Kier molecular flexibility index (Phi) is 4.46. The van der Waals surface area contributed by atoms with E-state index in [-0.39, 0.29) is 24.2 Å². The quantitative estimate of drug-likeness (QED) is 0.456. The van der Waals surface area contributed by atoms with Crippen molar-refractivity contribution in [2.75, 3.05) is 31.7 Å². The minimum atomic E-state index is -0.465. The van der Waals surface area contributed by atoms with Crippen molar-refractivity contribution in [2.45, 2.75) is 12.5 Å². The first-order valence-corrected chi connectivity index (χ1v) is 6.14. The minimum Gasteiger partial charge on any atom is -0.469 e. The van der Waals surface area contributed by atoms with E-state index in [9.17, 15) is 14.9 Å². The second kappa shape index (κ2) is 6.29. The smallest absolute Gasteiger partial charge is 0.311 e. The molecule has 1 unspecified atom stereocenters. The lowest BCUT2D eigenvalue weighted by Gasteiger charge is -2.32. The molecule has 20 heavy (non-hydrogen) atoms. The molecule has 2 rings (SSSR count). The summed E-state index contributed by atoms with van der Waals surface area (Å²) in [6.45, 7) is 1.25. The van der Waals surface area contributed by atoms with Gasteiger partial charge in [0.1, 0.15) is 0 Å². The monoisotopic (exact) mass is 281 g/mol. The highest BCUT2D eigenvalue weighted by atomic mass is 16.6. The summed E-state index contributed by atoms with van der Waals surface area (Å²) in [7, 11) is 1.31. The molecule has 0 N–H and O–H groups in total. The van der Waals surface area contributed by atoms with Gasteiger partial charge in [0.05, 0.1) is 31.2 Å². The molecule has 0 aromatic carbocycles. The molecule has 1 fully saturated rings. The molecule has 8 nitrogen and oxygen atoms in total. The highest BCUT2D eigenvalue weighted by Gasteiger charge is 2.28. The standard InChI is InChI=1S/C12H15N3O5/c1-19-11(16)7-9-8-14(5-6-20-9)12-10(15(17)18)3-2-4-13-12/h2-4,9H,5-8H2,1H3. The number of ether oxygens (including phenoxy) is 2. The Bertz CT molecular complexity index is 508. The topological polar surface area (TPSA) is 94.8 Å². The average Bonchev–Trinajstić information content (AvgIpc) is 2.47. The third-order valence-electron chi connectivity index (χ3n) is 3.02. The molecule has 1 saturated heterocycles. The van der Waals surface area contributed by atoms with Gasteiger partial charge in [-0.2, -0.15) is 0 Å². The van der Waals surface area contributed by atoms with Crippen LogP contribution < -0.4 is 4.90 Å². The Hall–Kier alpha value is -2.22. The van der Waals surface area contributed by atoms with Crippen molar-refractivity contribution in [3.8, 4) is 0 Å². The second-order valence-corrected chi connectivity index (χ2v) is 4.32.